The Labute approximate surface area is 195 Å². The summed E-state index contributed by atoms with van der Waals surface area (Å²) in [6.07, 6.45) is 4.49. The molecule has 0 saturated heterocycles. The van der Waals surface area contributed by atoms with E-state index in [1.54, 1.807) is 0 Å². The van der Waals surface area contributed by atoms with Gasteiger partial charge in [-0.2, -0.15) is 0 Å². The number of anilines is 3. The predicted molar refractivity (Wildman–Crippen MR) is 135 cm³/mol. The maximum absolute atomic E-state index is 10.7. The maximum atomic E-state index is 10.7. The third-order valence-electron chi connectivity index (χ3n) is 5.72. The number of carbonyl (C=O) groups is 2. The molecule has 0 aliphatic carbocycles. The lowest BCUT2D eigenvalue weighted by Crippen LogP contribution is -2.10. The smallest absolute Gasteiger partial charge is 0.120 e. The molecule has 0 atom stereocenters. The quantitative estimate of drug-likeness (QED) is 0.251. The van der Waals surface area contributed by atoms with Crippen molar-refractivity contribution in [3.05, 3.63) is 114 Å². The van der Waals surface area contributed by atoms with E-state index in [4.69, 9.17) is 0 Å². The van der Waals surface area contributed by atoms with Crippen LogP contribution in [0.25, 0.3) is 11.1 Å². The highest BCUT2D eigenvalue weighted by Gasteiger charge is 2.13. The van der Waals surface area contributed by atoms with Crippen molar-refractivity contribution in [2.24, 2.45) is 0 Å². The van der Waals surface area contributed by atoms with E-state index in [1.165, 1.54) is 11.1 Å². The lowest BCUT2D eigenvalue weighted by Gasteiger charge is -2.26. The SMILES string of the molecule is O=CCCc1ccc(N(c2ccc(CCC=O)cc2)c2ccc(-c3ccccc3)cc2)cc1. The topological polar surface area (TPSA) is 37.4 Å². The summed E-state index contributed by atoms with van der Waals surface area (Å²) >= 11 is 0. The minimum Gasteiger partial charge on any atom is -0.311 e. The highest BCUT2D eigenvalue weighted by molar-refractivity contribution is 5.78. The van der Waals surface area contributed by atoms with Gasteiger partial charge in [-0.1, -0.05) is 66.7 Å². The largest absolute Gasteiger partial charge is 0.311 e. The summed E-state index contributed by atoms with van der Waals surface area (Å²) < 4.78 is 0. The monoisotopic (exact) mass is 433 g/mol. The highest BCUT2D eigenvalue weighted by atomic mass is 16.1. The molecule has 4 aromatic carbocycles. The second kappa shape index (κ2) is 11.1. The van der Waals surface area contributed by atoms with Crippen LogP contribution in [0.4, 0.5) is 17.1 Å². The van der Waals surface area contributed by atoms with E-state index in [2.05, 4.69) is 89.8 Å². The molecule has 164 valence electrons. The standard InChI is InChI=1S/C30H27NO2/c32-22-4-6-24-10-16-28(17-11-24)31(29-18-12-25(13-19-29)7-5-23-33)30-20-14-27(15-21-30)26-8-2-1-3-9-26/h1-3,8-23H,4-7H2. The van der Waals surface area contributed by atoms with E-state index in [-0.39, 0.29) is 0 Å². The van der Waals surface area contributed by atoms with Crippen molar-refractivity contribution in [2.45, 2.75) is 25.7 Å². The first-order chi connectivity index (χ1) is 16.3. The number of aryl methyl sites for hydroxylation is 2. The summed E-state index contributed by atoms with van der Waals surface area (Å²) in [4.78, 5) is 23.7. The molecule has 0 spiro atoms. The van der Waals surface area contributed by atoms with Crippen LogP contribution in [0.15, 0.2) is 103 Å². The fourth-order valence-corrected chi connectivity index (χ4v) is 3.96. The third-order valence-corrected chi connectivity index (χ3v) is 5.72. The van der Waals surface area contributed by atoms with E-state index in [1.807, 2.05) is 18.2 Å². The van der Waals surface area contributed by atoms with Crippen LogP contribution in [-0.2, 0) is 22.4 Å². The molecule has 33 heavy (non-hydrogen) atoms. The number of carbonyl (C=O) groups excluding carboxylic acids is 2. The van der Waals surface area contributed by atoms with Crippen LogP contribution in [-0.4, -0.2) is 12.6 Å². The van der Waals surface area contributed by atoms with E-state index in [9.17, 15) is 9.59 Å². The molecule has 0 N–H and O–H groups in total. The molecule has 0 bridgehead atoms. The third kappa shape index (κ3) is 5.64. The van der Waals surface area contributed by atoms with Crippen molar-refractivity contribution in [3.8, 4) is 11.1 Å². The van der Waals surface area contributed by atoms with E-state index in [0.717, 1.165) is 53.6 Å². The summed E-state index contributed by atoms with van der Waals surface area (Å²) in [5.41, 5.74) is 7.83. The molecule has 0 aromatic heterocycles. The number of aldehydes is 2. The van der Waals surface area contributed by atoms with Crippen molar-refractivity contribution >= 4 is 29.6 Å². The van der Waals surface area contributed by atoms with Crippen LogP contribution in [0, 0.1) is 0 Å². The Kier molecular flexibility index (Phi) is 7.44. The second-order valence-corrected chi connectivity index (χ2v) is 7.99. The van der Waals surface area contributed by atoms with Gasteiger partial charge in [0.05, 0.1) is 0 Å². The summed E-state index contributed by atoms with van der Waals surface area (Å²) in [6, 6.07) is 35.7. The minimum absolute atomic E-state index is 0.534. The molecule has 0 fully saturated rings. The molecule has 0 unspecified atom stereocenters. The summed E-state index contributed by atoms with van der Waals surface area (Å²) in [6.45, 7) is 0. The lowest BCUT2D eigenvalue weighted by molar-refractivity contribution is -0.108. The minimum atomic E-state index is 0.534. The first kappa shape index (κ1) is 22.2. The fraction of sp³-hybridized carbons (Fsp3) is 0.133. The molecule has 0 heterocycles. The van der Waals surface area contributed by atoms with Crippen LogP contribution in [0.5, 0.6) is 0 Å². The van der Waals surface area contributed by atoms with Gasteiger partial charge in [-0.05, 0) is 71.5 Å². The molecule has 4 rings (SSSR count). The zero-order valence-corrected chi connectivity index (χ0v) is 18.6. The Morgan fingerprint density at radius 1 is 0.485 bits per heavy atom. The molecule has 0 aliphatic heterocycles. The summed E-state index contributed by atoms with van der Waals surface area (Å²) in [5.74, 6) is 0. The zero-order chi connectivity index (χ0) is 22.9. The molecule has 0 amide bonds. The average Bonchev–Trinajstić information content (AvgIpc) is 2.89. The zero-order valence-electron chi connectivity index (χ0n) is 18.6. The molecule has 3 nitrogen and oxygen atoms in total. The van der Waals surface area contributed by atoms with Gasteiger partial charge in [0.15, 0.2) is 0 Å². The van der Waals surface area contributed by atoms with Gasteiger partial charge in [0.25, 0.3) is 0 Å². The first-order valence-electron chi connectivity index (χ1n) is 11.3. The van der Waals surface area contributed by atoms with Gasteiger partial charge in [-0.15, -0.1) is 0 Å². The molecule has 0 aliphatic rings. The van der Waals surface area contributed by atoms with Crippen molar-refractivity contribution < 1.29 is 9.59 Å². The first-order valence-corrected chi connectivity index (χ1v) is 11.3. The molecule has 4 aromatic rings. The van der Waals surface area contributed by atoms with E-state index >= 15 is 0 Å². The number of nitrogens with zero attached hydrogens (tertiary/aromatic N) is 1. The predicted octanol–water partition coefficient (Wildman–Crippen LogP) is 7.09. The van der Waals surface area contributed by atoms with Crippen molar-refractivity contribution in [1.29, 1.82) is 0 Å². The van der Waals surface area contributed by atoms with Crippen LogP contribution in [0.2, 0.25) is 0 Å². The molecule has 0 radical (unpaired) electrons. The van der Waals surface area contributed by atoms with Crippen LogP contribution in [0.3, 0.4) is 0 Å². The van der Waals surface area contributed by atoms with Crippen LogP contribution < -0.4 is 4.90 Å². The van der Waals surface area contributed by atoms with Gasteiger partial charge < -0.3 is 14.5 Å². The van der Waals surface area contributed by atoms with Gasteiger partial charge >= 0.3 is 0 Å². The number of hydrogen-bond donors (Lipinski definition) is 0. The molecular weight excluding hydrogens is 406 g/mol. The van der Waals surface area contributed by atoms with E-state index in [0.29, 0.717) is 12.8 Å². The Hall–Kier alpha value is -3.98. The van der Waals surface area contributed by atoms with Gasteiger partial charge in [0.1, 0.15) is 12.6 Å². The normalized spacial score (nSPS) is 10.5. The Bertz CT molecular complexity index is 1110. The summed E-state index contributed by atoms with van der Waals surface area (Å²) in [5, 5.41) is 0. The average molecular weight is 434 g/mol. The number of hydrogen-bond acceptors (Lipinski definition) is 3. The summed E-state index contributed by atoms with van der Waals surface area (Å²) in [7, 11) is 0. The van der Waals surface area contributed by atoms with Crippen LogP contribution in [0.1, 0.15) is 24.0 Å². The van der Waals surface area contributed by atoms with Crippen molar-refractivity contribution in [3.63, 3.8) is 0 Å². The Morgan fingerprint density at radius 2 is 0.879 bits per heavy atom. The maximum Gasteiger partial charge on any atom is 0.120 e. The van der Waals surface area contributed by atoms with Gasteiger partial charge in [0.2, 0.25) is 0 Å². The highest BCUT2D eigenvalue weighted by Crippen LogP contribution is 2.36. The van der Waals surface area contributed by atoms with Crippen molar-refractivity contribution in [2.75, 3.05) is 4.90 Å². The fourth-order valence-electron chi connectivity index (χ4n) is 3.96. The van der Waals surface area contributed by atoms with Crippen molar-refractivity contribution in [1.82, 2.24) is 0 Å². The molecular formula is C30H27NO2. The molecule has 3 heteroatoms. The molecule has 0 saturated carbocycles. The Balaban J connectivity index is 1.68. The second-order valence-electron chi connectivity index (χ2n) is 7.99. The van der Waals surface area contributed by atoms with Gasteiger partial charge in [-0.25, -0.2) is 0 Å². The lowest BCUT2D eigenvalue weighted by atomic mass is 10.0. The Morgan fingerprint density at radius 3 is 1.30 bits per heavy atom. The van der Waals surface area contributed by atoms with Gasteiger partial charge in [0, 0.05) is 29.9 Å². The van der Waals surface area contributed by atoms with Crippen LogP contribution >= 0.6 is 0 Å². The number of benzene rings is 4. The number of rotatable bonds is 10. The van der Waals surface area contributed by atoms with E-state index < -0.39 is 0 Å². The van der Waals surface area contributed by atoms with Gasteiger partial charge in [-0.3, -0.25) is 0 Å².